The SMILES string of the molecule is CCC(CC)C(=O)Nc1ccccc1NC(=O)CNC(=O)OC(C)(C)C. The first-order valence-electron chi connectivity index (χ1n) is 8.82. The molecule has 3 N–H and O–H groups in total. The van der Waals surface area contributed by atoms with Crippen LogP contribution in [0.15, 0.2) is 24.3 Å². The molecule has 0 atom stereocenters. The Morgan fingerprint density at radius 1 is 1.00 bits per heavy atom. The van der Waals surface area contributed by atoms with E-state index in [0.717, 1.165) is 12.8 Å². The third-order valence-corrected chi connectivity index (χ3v) is 3.61. The van der Waals surface area contributed by atoms with Crippen LogP contribution >= 0.6 is 0 Å². The van der Waals surface area contributed by atoms with Gasteiger partial charge in [-0.2, -0.15) is 0 Å². The van der Waals surface area contributed by atoms with Gasteiger partial charge < -0.3 is 20.7 Å². The van der Waals surface area contributed by atoms with E-state index >= 15 is 0 Å². The second-order valence-corrected chi connectivity index (χ2v) is 6.95. The maximum Gasteiger partial charge on any atom is 0.408 e. The zero-order valence-electron chi connectivity index (χ0n) is 16.1. The van der Waals surface area contributed by atoms with Crippen LogP contribution in [0.3, 0.4) is 0 Å². The van der Waals surface area contributed by atoms with Crippen molar-refractivity contribution in [1.29, 1.82) is 0 Å². The first kappa shape index (κ1) is 21.5. The molecule has 0 heterocycles. The van der Waals surface area contributed by atoms with Gasteiger partial charge >= 0.3 is 6.09 Å². The summed E-state index contributed by atoms with van der Waals surface area (Å²) in [4.78, 5) is 35.9. The smallest absolute Gasteiger partial charge is 0.408 e. The first-order chi connectivity index (χ1) is 12.2. The minimum Gasteiger partial charge on any atom is -0.444 e. The summed E-state index contributed by atoms with van der Waals surface area (Å²) in [7, 11) is 0. The van der Waals surface area contributed by atoms with E-state index in [4.69, 9.17) is 4.74 Å². The zero-order valence-corrected chi connectivity index (χ0v) is 16.1. The predicted octanol–water partition coefficient (Wildman–Crippen LogP) is 3.52. The standard InChI is InChI=1S/C19H29N3O4/c1-6-13(7-2)17(24)22-15-11-9-8-10-14(15)21-16(23)12-20-18(25)26-19(3,4)5/h8-11,13H,6-7,12H2,1-5H3,(H,20,25)(H,21,23)(H,22,24). The van der Waals surface area contributed by atoms with Crippen LogP contribution in [-0.4, -0.2) is 30.1 Å². The summed E-state index contributed by atoms with van der Waals surface area (Å²) in [6.07, 6.45) is 0.829. The van der Waals surface area contributed by atoms with E-state index in [9.17, 15) is 14.4 Å². The van der Waals surface area contributed by atoms with Crippen molar-refractivity contribution in [1.82, 2.24) is 5.32 Å². The highest BCUT2D eigenvalue weighted by Gasteiger charge is 2.18. The van der Waals surface area contributed by atoms with Crippen LogP contribution in [0.5, 0.6) is 0 Å². The largest absolute Gasteiger partial charge is 0.444 e. The molecule has 1 aromatic rings. The van der Waals surface area contributed by atoms with Crippen molar-refractivity contribution in [3.05, 3.63) is 24.3 Å². The average molecular weight is 363 g/mol. The molecule has 0 radical (unpaired) electrons. The molecule has 0 aliphatic carbocycles. The van der Waals surface area contributed by atoms with Gasteiger partial charge in [0, 0.05) is 5.92 Å². The number of anilines is 2. The average Bonchev–Trinajstić information content (AvgIpc) is 2.54. The maximum absolute atomic E-state index is 12.3. The number of hydrogen-bond acceptors (Lipinski definition) is 4. The molecular formula is C19H29N3O4. The van der Waals surface area contributed by atoms with Gasteiger partial charge in [-0.1, -0.05) is 26.0 Å². The van der Waals surface area contributed by atoms with Gasteiger partial charge in [-0.3, -0.25) is 9.59 Å². The molecule has 0 saturated heterocycles. The summed E-state index contributed by atoms with van der Waals surface area (Å²) in [5.74, 6) is -0.573. The lowest BCUT2D eigenvalue weighted by Crippen LogP contribution is -2.37. The number of benzene rings is 1. The van der Waals surface area contributed by atoms with Crippen LogP contribution in [0.1, 0.15) is 47.5 Å². The van der Waals surface area contributed by atoms with Crippen molar-refractivity contribution >= 4 is 29.3 Å². The Bertz CT molecular complexity index is 634. The number of nitrogens with one attached hydrogen (secondary N) is 3. The van der Waals surface area contributed by atoms with Crippen LogP contribution in [0.4, 0.5) is 16.2 Å². The Morgan fingerprint density at radius 2 is 1.54 bits per heavy atom. The number of carbonyl (C=O) groups is 3. The Hall–Kier alpha value is -2.57. The molecule has 0 spiro atoms. The van der Waals surface area contributed by atoms with Crippen molar-refractivity contribution < 1.29 is 19.1 Å². The highest BCUT2D eigenvalue weighted by Crippen LogP contribution is 2.22. The van der Waals surface area contributed by atoms with Gasteiger partial charge in [0.15, 0.2) is 0 Å². The molecule has 26 heavy (non-hydrogen) atoms. The van der Waals surface area contributed by atoms with Gasteiger partial charge in [-0.25, -0.2) is 4.79 Å². The summed E-state index contributed by atoms with van der Waals surface area (Å²) >= 11 is 0. The molecule has 0 fully saturated rings. The summed E-state index contributed by atoms with van der Waals surface area (Å²) in [5.41, 5.74) is 0.366. The van der Waals surface area contributed by atoms with E-state index in [2.05, 4.69) is 16.0 Å². The molecule has 0 unspecified atom stereocenters. The highest BCUT2D eigenvalue weighted by molar-refractivity contribution is 6.01. The minimum absolute atomic E-state index is 0.0763. The van der Waals surface area contributed by atoms with Crippen LogP contribution in [0, 0.1) is 5.92 Å². The Balaban J connectivity index is 2.66. The van der Waals surface area contributed by atoms with E-state index in [-0.39, 0.29) is 18.4 Å². The fourth-order valence-electron chi connectivity index (χ4n) is 2.26. The number of rotatable bonds is 7. The normalized spacial score (nSPS) is 11.0. The van der Waals surface area contributed by atoms with Crippen molar-refractivity contribution in [2.24, 2.45) is 5.92 Å². The summed E-state index contributed by atoms with van der Waals surface area (Å²) in [5, 5.41) is 7.93. The number of hydrogen-bond donors (Lipinski definition) is 3. The quantitative estimate of drug-likeness (QED) is 0.690. The Kier molecular flexibility index (Phi) is 8.09. The fraction of sp³-hybridized carbons (Fsp3) is 0.526. The molecule has 0 aromatic heterocycles. The fourth-order valence-corrected chi connectivity index (χ4v) is 2.26. The molecular weight excluding hydrogens is 334 g/mol. The number of para-hydroxylation sites is 2. The number of amides is 3. The van der Waals surface area contributed by atoms with Gasteiger partial charge in [-0.05, 0) is 45.7 Å². The first-order valence-corrected chi connectivity index (χ1v) is 8.82. The Labute approximate surface area is 154 Å². The molecule has 0 saturated carbocycles. The lowest BCUT2D eigenvalue weighted by atomic mass is 10.0. The third-order valence-electron chi connectivity index (χ3n) is 3.61. The molecule has 0 bridgehead atoms. The highest BCUT2D eigenvalue weighted by atomic mass is 16.6. The minimum atomic E-state index is -0.664. The van der Waals surface area contributed by atoms with E-state index in [1.807, 2.05) is 13.8 Å². The Morgan fingerprint density at radius 3 is 2.04 bits per heavy atom. The molecule has 1 aromatic carbocycles. The molecule has 144 valence electrons. The molecule has 7 nitrogen and oxygen atoms in total. The van der Waals surface area contributed by atoms with Crippen LogP contribution in [0.2, 0.25) is 0 Å². The van der Waals surface area contributed by atoms with Crippen molar-refractivity contribution in [3.63, 3.8) is 0 Å². The van der Waals surface area contributed by atoms with E-state index in [1.165, 1.54) is 0 Å². The molecule has 1 rings (SSSR count). The van der Waals surface area contributed by atoms with Crippen molar-refractivity contribution in [3.8, 4) is 0 Å². The van der Waals surface area contributed by atoms with Crippen LogP contribution in [0.25, 0.3) is 0 Å². The lowest BCUT2D eigenvalue weighted by molar-refractivity contribution is -0.120. The van der Waals surface area contributed by atoms with Crippen molar-refractivity contribution in [2.75, 3.05) is 17.2 Å². The number of alkyl carbamates (subject to hydrolysis) is 1. The predicted molar refractivity (Wildman–Crippen MR) is 102 cm³/mol. The molecule has 0 aliphatic rings. The number of ether oxygens (including phenoxy) is 1. The third kappa shape index (κ3) is 7.55. The second kappa shape index (κ2) is 9.79. The van der Waals surface area contributed by atoms with Gasteiger partial charge in [0.1, 0.15) is 12.1 Å². The maximum atomic E-state index is 12.3. The second-order valence-electron chi connectivity index (χ2n) is 6.95. The van der Waals surface area contributed by atoms with E-state index in [0.29, 0.717) is 11.4 Å². The number of carbonyl (C=O) groups excluding carboxylic acids is 3. The van der Waals surface area contributed by atoms with Gasteiger partial charge in [0.25, 0.3) is 0 Å². The molecule has 3 amide bonds. The van der Waals surface area contributed by atoms with Gasteiger partial charge in [-0.15, -0.1) is 0 Å². The van der Waals surface area contributed by atoms with E-state index < -0.39 is 17.6 Å². The lowest BCUT2D eigenvalue weighted by Gasteiger charge is -2.19. The summed E-state index contributed by atoms with van der Waals surface area (Å²) in [6, 6.07) is 6.94. The summed E-state index contributed by atoms with van der Waals surface area (Å²) in [6.45, 7) is 8.92. The van der Waals surface area contributed by atoms with Crippen LogP contribution < -0.4 is 16.0 Å². The monoisotopic (exact) mass is 363 g/mol. The molecule has 0 aliphatic heterocycles. The van der Waals surface area contributed by atoms with Gasteiger partial charge in [0.2, 0.25) is 11.8 Å². The summed E-state index contributed by atoms with van der Waals surface area (Å²) < 4.78 is 5.08. The van der Waals surface area contributed by atoms with Crippen LogP contribution in [-0.2, 0) is 14.3 Å². The molecule has 7 heteroatoms. The van der Waals surface area contributed by atoms with Gasteiger partial charge in [0.05, 0.1) is 11.4 Å². The topological polar surface area (TPSA) is 96.5 Å². The zero-order chi connectivity index (χ0) is 19.7. The van der Waals surface area contributed by atoms with E-state index in [1.54, 1.807) is 45.0 Å². The van der Waals surface area contributed by atoms with Crippen molar-refractivity contribution in [2.45, 2.75) is 53.1 Å².